The van der Waals surface area contributed by atoms with Gasteiger partial charge in [-0.3, -0.25) is 9.59 Å². The van der Waals surface area contributed by atoms with E-state index in [0.717, 1.165) is 58.0 Å². The lowest BCUT2D eigenvalue weighted by Gasteiger charge is -2.08. The molecule has 254 valence electrons. The molecule has 2 aliphatic carbocycles. The zero-order valence-corrected chi connectivity index (χ0v) is 31.0. The molecule has 2 aliphatic rings. The van der Waals surface area contributed by atoms with Crippen molar-refractivity contribution in [3.63, 3.8) is 0 Å². The van der Waals surface area contributed by atoms with Crippen LogP contribution < -0.4 is 10.6 Å². The number of carbonyl (C=O) groups is 2. The van der Waals surface area contributed by atoms with Gasteiger partial charge in [-0.25, -0.2) is 9.36 Å². The van der Waals surface area contributed by atoms with E-state index in [-0.39, 0.29) is 11.8 Å². The SMILES string of the molecule is O=C(NCCCCCCNC(=O)c1nn(-c2ccc(Cl)cc2Cl)c2c1Cc1ccsc1-2)c1nn(-c2ccc(Cl)cc2Cl)c2c1Cc1ccsc1-2. The summed E-state index contributed by atoms with van der Waals surface area (Å²) in [7, 11) is 0. The summed E-state index contributed by atoms with van der Waals surface area (Å²) in [5.74, 6) is -0.401. The van der Waals surface area contributed by atoms with Gasteiger partial charge >= 0.3 is 0 Å². The molecular weight excluding hydrogens is 754 g/mol. The van der Waals surface area contributed by atoms with Crippen LogP contribution in [0.1, 0.15) is 68.9 Å². The van der Waals surface area contributed by atoms with Crippen molar-refractivity contribution in [3.8, 4) is 32.5 Å². The van der Waals surface area contributed by atoms with E-state index in [2.05, 4.69) is 33.5 Å². The molecule has 4 heterocycles. The zero-order chi connectivity index (χ0) is 34.5. The quantitative estimate of drug-likeness (QED) is 0.128. The number of hydrogen-bond donors (Lipinski definition) is 2. The van der Waals surface area contributed by atoms with Gasteiger partial charge in [-0.2, -0.15) is 10.2 Å². The number of halogens is 4. The molecule has 0 saturated heterocycles. The maximum Gasteiger partial charge on any atom is 0.272 e. The molecule has 0 spiro atoms. The Morgan fingerprint density at radius 3 is 1.50 bits per heavy atom. The van der Waals surface area contributed by atoms with Gasteiger partial charge in [0, 0.05) is 47.1 Å². The molecule has 2 N–H and O–H groups in total. The molecule has 14 heteroatoms. The molecule has 0 atom stereocenters. The fourth-order valence-corrected chi connectivity index (χ4v) is 9.58. The number of rotatable bonds is 11. The Balaban J connectivity index is 0.851. The number of fused-ring (bicyclic) bond motifs is 6. The Kier molecular flexibility index (Phi) is 9.26. The molecule has 4 aromatic heterocycles. The second kappa shape index (κ2) is 13.8. The van der Waals surface area contributed by atoms with Crippen molar-refractivity contribution >= 4 is 80.9 Å². The second-order valence-electron chi connectivity index (χ2n) is 12.2. The largest absolute Gasteiger partial charge is 0.351 e. The van der Waals surface area contributed by atoms with Crippen molar-refractivity contribution in [1.29, 1.82) is 0 Å². The Morgan fingerprint density at radius 1 is 0.640 bits per heavy atom. The van der Waals surface area contributed by atoms with Crippen LogP contribution in [0.3, 0.4) is 0 Å². The van der Waals surface area contributed by atoms with E-state index < -0.39 is 0 Å². The first-order valence-electron chi connectivity index (χ1n) is 16.1. The number of aromatic nitrogens is 4. The number of benzene rings is 2. The summed E-state index contributed by atoms with van der Waals surface area (Å²) in [5.41, 5.74) is 8.20. The first kappa shape index (κ1) is 33.5. The molecule has 6 aromatic rings. The molecule has 2 amide bonds. The third-order valence-electron chi connectivity index (χ3n) is 9.01. The lowest BCUT2D eigenvalue weighted by atomic mass is 10.1. The fourth-order valence-electron chi connectivity index (χ4n) is 6.64. The first-order chi connectivity index (χ1) is 24.3. The normalized spacial score (nSPS) is 12.5. The van der Waals surface area contributed by atoms with E-state index in [1.54, 1.807) is 56.3 Å². The van der Waals surface area contributed by atoms with Crippen molar-refractivity contribution in [2.75, 3.05) is 13.1 Å². The number of nitrogens with zero attached hydrogens (tertiary/aromatic N) is 4. The van der Waals surface area contributed by atoms with Gasteiger partial charge < -0.3 is 10.6 Å². The number of nitrogens with one attached hydrogen (secondary N) is 2. The van der Waals surface area contributed by atoms with E-state index in [1.807, 2.05) is 12.1 Å². The van der Waals surface area contributed by atoms with Crippen LogP contribution in [-0.2, 0) is 12.8 Å². The van der Waals surface area contributed by atoms with Crippen LogP contribution in [-0.4, -0.2) is 44.5 Å². The summed E-state index contributed by atoms with van der Waals surface area (Å²) in [6.07, 6.45) is 4.72. The maximum atomic E-state index is 13.4. The number of thiophene rings is 2. The number of amides is 2. The zero-order valence-electron chi connectivity index (χ0n) is 26.4. The monoisotopic (exact) mass is 780 g/mol. The van der Waals surface area contributed by atoms with E-state index in [9.17, 15) is 9.59 Å². The number of carbonyl (C=O) groups excluding carboxylic acids is 2. The van der Waals surface area contributed by atoms with Crippen LogP contribution in [0.4, 0.5) is 0 Å². The van der Waals surface area contributed by atoms with Crippen molar-refractivity contribution in [2.45, 2.75) is 38.5 Å². The van der Waals surface area contributed by atoms with Crippen LogP contribution in [0.2, 0.25) is 20.1 Å². The summed E-state index contributed by atoms with van der Waals surface area (Å²) in [6.45, 7) is 1.05. The maximum absolute atomic E-state index is 13.4. The van der Waals surface area contributed by atoms with Gasteiger partial charge in [0.2, 0.25) is 0 Å². The molecule has 0 radical (unpaired) electrons. The minimum absolute atomic E-state index is 0.200. The van der Waals surface area contributed by atoms with E-state index in [4.69, 9.17) is 56.6 Å². The van der Waals surface area contributed by atoms with Crippen LogP contribution in [0.5, 0.6) is 0 Å². The van der Waals surface area contributed by atoms with Crippen molar-refractivity contribution in [2.24, 2.45) is 0 Å². The molecule has 0 unspecified atom stereocenters. The van der Waals surface area contributed by atoms with Gasteiger partial charge in [-0.15, -0.1) is 22.7 Å². The molecule has 0 saturated carbocycles. The molecule has 50 heavy (non-hydrogen) atoms. The summed E-state index contributed by atoms with van der Waals surface area (Å²) in [4.78, 5) is 28.9. The lowest BCUT2D eigenvalue weighted by molar-refractivity contribution is 0.0937. The van der Waals surface area contributed by atoms with Gasteiger partial charge in [0.25, 0.3) is 11.8 Å². The number of unbranched alkanes of at least 4 members (excludes halogenated alkanes) is 3. The molecule has 0 aliphatic heterocycles. The minimum Gasteiger partial charge on any atom is -0.351 e. The number of hydrogen-bond acceptors (Lipinski definition) is 6. The van der Waals surface area contributed by atoms with Gasteiger partial charge in [0.15, 0.2) is 11.4 Å². The fraction of sp³-hybridized carbons (Fsp3) is 0.222. The van der Waals surface area contributed by atoms with Crippen LogP contribution in [0.15, 0.2) is 59.3 Å². The van der Waals surface area contributed by atoms with Gasteiger partial charge in [-0.05, 0) is 83.3 Å². The van der Waals surface area contributed by atoms with E-state index >= 15 is 0 Å². The average Bonchev–Trinajstić information content (AvgIpc) is 3.91. The Labute approximate surface area is 315 Å². The third-order valence-corrected chi connectivity index (χ3v) is 12.0. The molecule has 0 bridgehead atoms. The highest BCUT2D eigenvalue weighted by Crippen LogP contribution is 2.45. The summed E-state index contributed by atoms with van der Waals surface area (Å²) in [5, 5.41) is 21.7. The van der Waals surface area contributed by atoms with Crippen LogP contribution in [0, 0.1) is 0 Å². The predicted molar refractivity (Wildman–Crippen MR) is 203 cm³/mol. The summed E-state index contributed by atoms with van der Waals surface area (Å²) >= 11 is 28.7. The standard InChI is InChI=1S/C36H28Cl4N6O2S2/c37-21-5-7-27(25(39)17-21)45-31-23(15-19-9-13-49-33(19)31)29(43-45)35(47)41-11-3-1-2-4-12-42-36(48)30-24-16-20-10-14-50-34(20)32(24)46(44-30)28-8-6-22(38)18-26(28)40/h5-10,13-14,17-18H,1-4,11-12,15-16H2,(H,41,47)(H,42,48). The Morgan fingerprint density at radius 2 is 1.08 bits per heavy atom. The highest BCUT2D eigenvalue weighted by atomic mass is 35.5. The third kappa shape index (κ3) is 6.06. The van der Waals surface area contributed by atoms with E-state index in [0.29, 0.717) is 68.8 Å². The molecular formula is C36H28Cl4N6O2S2. The predicted octanol–water partition coefficient (Wildman–Crippen LogP) is 9.66. The average molecular weight is 783 g/mol. The smallest absolute Gasteiger partial charge is 0.272 e. The van der Waals surface area contributed by atoms with E-state index in [1.165, 1.54) is 11.1 Å². The topological polar surface area (TPSA) is 93.8 Å². The van der Waals surface area contributed by atoms with Crippen LogP contribution in [0.25, 0.3) is 32.5 Å². The lowest BCUT2D eigenvalue weighted by Crippen LogP contribution is -2.26. The van der Waals surface area contributed by atoms with Gasteiger partial charge in [0.05, 0.1) is 42.6 Å². The van der Waals surface area contributed by atoms with Crippen molar-refractivity contribution < 1.29 is 9.59 Å². The van der Waals surface area contributed by atoms with Gasteiger partial charge in [0.1, 0.15) is 0 Å². The minimum atomic E-state index is -0.200. The second-order valence-corrected chi connectivity index (χ2v) is 15.7. The summed E-state index contributed by atoms with van der Waals surface area (Å²) in [6, 6.07) is 14.7. The molecule has 2 aromatic carbocycles. The van der Waals surface area contributed by atoms with Crippen molar-refractivity contribution in [3.05, 3.63) is 113 Å². The Hall–Kier alpha value is -3.64. The van der Waals surface area contributed by atoms with Gasteiger partial charge in [-0.1, -0.05) is 59.2 Å². The summed E-state index contributed by atoms with van der Waals surface area (Å²) < 4.78 is 3.54. The van der Waals surface area contributed by atoms with Crippen molar-refractivity contribution in [1.82, 2.24) is 30.2 Å². The molecule has 8 rings (SSSR count). The first-order valence-corrected chi connectivity index (χ1v) is 19.4. The highest BCUT2D eigenvalue weighted by molar-refractivity contribution is 7.14. The van der Waals surface area contributed by atoms with Crippen LogP contribution >= 0.6 is 69.1 Å². The molecule has 0 fully saturated rings. The molecule has 8 nitrogen and oxygen atoms in total. The highest BCUT2D eigenvalue weighted by Gasteiger charge is 2.34. The Bertz CT molecular complexity index is 2140.